The third-order valence-corrected chi connectivity index (χ3v) is 3.49. The minimum atomic E-state index is -0.363. The van der Waals surface area contributed by atoms with Crippen molar-refractivity contribution in [3.05, 3.63) is 35.6 Å². The Hall–Kier alpha value is -1.46. The average Bonchev–Trinajstić information content (AvgIpc) is 2.48. The van der Waals surface area contributed by atoms with E-state index in [2.05, 4.69) is 5.32 Å². The van der Waals surface area contributed by atoms with Crippen molar-refractivity contribution in [1.29, 1.82) is 0 Å². The molecule has 1 aromatic rings. The quantitative estimate of drug-likeness (QED) is 0.835. The van der Waals surface area contributed by atoms with Crippen molar-refractivity contribution in [2.75, 3.05) is 33.3 Å². The maximum Gasteiger partial charge on any atom is 0.222 e. The number of benzene rings is 1. The van der Waals surface area contributed by atoms with E-state index in [0.717, 1.165) is 13.0 Å². The van der Waals surface area contributed by atoms with Crippen LogP contribution in [0.5, 0.6) is 0 Å². The molecule has 0 aliphatic carbocycles. The molecule has 1 amide bonds. The summed E-state index contributed by atoms with van der Waals surface area (Å²) < 4.78 is 19.4. The van der Waals surface area contributed by atoms with Crippen LogP contribution in [0.25, 0.3) is 0 Å². The van der Waals surface area contributed by atoms with E-state index in [1.54, 1.807) is 23.1 Å². The fourth-order valence-electron chi connectivity index (χ4n) is 2.37. The zero-order valence-corrected chi connectivity index (χ0v) is 11.8. The Morgan fingerprint density at radius 1 is 1.50 bits per heavy atom. The minimum absolute atomic E-state index is 0.116. The van der Waals surface area contributed by atoms with Crippen molar-refractivity contribution in [3.63, 3.8) is 0 Å². The van der Waals surface area contributed by atoms with Gasteiger partial charge in [-0.1, -0.05) is 18.2 Å². The van der Waals surface area contributed by atoms with E-state index in [1.807, 2.05) is 7.05 Å². The summed E-state index contributed by atoms with van der Waals surface area (Å²) in [6.07, 6.45) is 0.972. The molecule has 0 spiro atoms. The molecule has 20 heavy (non-hydrogen) atoms. The molecule has 1 heterocycles. The Kier molecular flexibility index (Phi) is 5.49. The first-order valence-electron chi connectivity index (χ1n) is 7.00. The second-order valence-electron chi connectivity index (χ2n) is 4.93. The van der Waals surface area contributed by atoms with Crippen LogP contribution in [0, 0.1) is 5.82 Å². The number of nitrogens with zero attached hydrogens (tertiary/aromatic N) is 1. The molecule has 0 bridgehead atoms. The maximum atomic E-state index is 13.8. The zero-order valence-electron chi connectivity index (χ0n) is 11.8. The lowest BCUT2D eigenvalue weighted by atomic mass is 10.1. The highest BCUT2D eigenvalue weighted by atomic mass is 19.1. The number of hydrogen-bond donors (Lipinski definition) is 1. The van der Waals surface area contributed by atoms with Gasteiger partial charge in [-0.05, 0) is 26.1 Å². The second kappa shape index (κ2) is 7.36. The van der Waals surface area contributed by atoms with Crippen molar-refractivity contribution in [2.24, 2.45) is 0 Å². The first-order valence-corrected chi connectivity index (χ1v) is 7.00. The van der Waals surface area contributed by atoms with Gasteiger partial charge in [-0.3, -0.25) is 4.79 Å². The molecule has 1 fully saturated rings. The lowest BCUT2D eigenvalue weighted by molar-refractivity contribution is -0.139. The number of ether oxygens (including phenoxy) is 1. The number of hydrogen-bond acceptors (Lipinski definition) is 3. The van der Waals surface area contributed by atoms with Crippen molar-refractivity contribution in [2.45, 2.75) is 18.9 Å². The number of amides is 1. The molecule has 1 aliphatic rings. The van der Waals surface area contributed by atoms with Crippen LogP contribution in [0.4, 0.5) is 4.39 Å². The highest BCUT2D eigenvalue weighted by molar-refractivity contribution is 5.76. The Labute approximate surface area is 118 Å². The van der Waals surface area contributed by atoms with Gasteiger partial charge in [0, 0.05) is 18.5 Å². The molecule has 1 saturated heterocycles. The molecular formula is C15H21FN2O2. The molecule has 0 aromatic heterocycles. The first kappa shape index (κ1) is 14.9. The van der Waals surface area contributed by atoms with Gasteiger partial charge in [-0.15, -0.1) is 0 Å². The van der Waals surface area contributed by atoms with E-state index in [1.165, 1.54) is 6.07 Å². The van der Waals surface area contributed by atoms with Crippen molar-refractivity contribution in [3.8, 4) is 0 Å². The molecule has 1 unspecified atom stereocenters. The summed E-state index contributed by atoms with van der Waals surface area (Å²) in [5, 5.41) is 3.02. The molecule has 4 nitrogen and oxygen atoms in total. The van der Waals surface area contributed by atoms with Gasteiger partial charge < -0.3 is 15.0 Å². The van der Waals surface area contributed by atoms with E-state index >= 15 is 0 Å². The van der Waals surface area contributed by atoms with Crippen LogP contribution in [0.1, 0.15) is 24.5 Å². The molecule has 1 N–H and O–H groups in total. The molecule has 1 aliphatic heterocycles. The average molecular weight is 280 g/mol. The lowest BCUT2D eigenvalue weighted by Crippen LogP contribution is -2.42. The molecule has 1 aromatic carbocycles. The van der Waals surface area contributed by atoms with Crippen LogP contribution < -0.4 is 5.32 Å². The molecule has 1 atom stereocenters. The van der Waals surface area contributed by atoms with Crippen LogP contribution in [-0.4, -0.2) is 44.1 Å². The third kappa shape index (κ3) is 3.77. The largest absolute Gasteiger partial charge is 0.370 e. The summed E-state index contributed by atoms with van der Waals surface area (Å²) >= 11 is 0. The molecule has 110 valence electrons. The van der Waals surface area contributed by atoms with Gasteiger partial charge in [-0.25, -0.2) is 4.39 Å². The van der Waals surface area contributed by atoms with Crippen LogP contribution in [0.2, 0.25) is 0 Å². The maximum absolute atomic E-state index is 13.8. The molecular weight excluding hydrogens is 259 g/mol. The van der Waals surface area contributed by atoms with Crippen LogP contribution in [0.3, 0.4) is 0 Å². The monoisotopic (exact) mass is 280 g/mol. The van der Waals surface area contributed by atoms with Crippen LogP contribution >= 0.6 is 0 Å². The van der Waals surface area contributed by atoms with Crippen molar-refractivity contribution < 1.29 is 13.9 Å². The number of morpholine rings is 1. The predicted molar refractivity (Wildman–Crippen MR) is 74.8 cm³/mol. The minimum Gasteiger partial charge on any atom is -0.370 e. The Morgan fingerprint density at radius 3 is 3.05 bits per heavy atom. The number of halogens is 1. The standard InChI is InChI=1S/C15H21FN2O2/c1-17-8-4-7-15(19)18-9-10-20-14(11-18)12-5-2-3-6-13(12)16/h2-3,5-6,14,17H,4,7-11H2,1H3. The lowest BCUT2D eigenvalue weighted by Gasteiger charge is -2.33. The fourth-order valence-corrected chi connectivity index (χ4v) is 2.37. The Balaban J connectivity index is 1.95. The van der Waals surface area contributed by atoms with Gasteiger partial charge in [0.15, 0.2) is 0 Å². The van der Waals surface area contributed by atoms with Crippen molar-refractivity contribution in [1.82, 2.24) is 10.2 Å². The number of carbonyl (C=O) groups is 1. The summed E-state index contributed by atoms with van der Waals surface area (Å²) in [4.78, 5) is 13.9. The number of rotatable bonds is 5. The third-order valence-electron chi connectivity index (χ3n) is 3.49. The van der Waals surface area contributed by atoms with Gasteiger partial charge in [0.05, 0.1) is 13.2 Å². The summed E-state index contributed by atoms with van der Waals surface area (Å²) in [6, 6.07) is 6.58. The second-order valence-corrected chi connectivity index (χ2v) is 4.93. The highest BCUT2D eigenvalue weighted by Crippen LogP contribution is 2.24. The topological polar surface area (TPSA) is 41.6 Å². The highest BCUT2D eigenvalue weighted by Gasteiger charge is 2.26. The molecule has 0 saturated carbocycles. The van der Waals surface area contributed by atoms with E-state index < -0.39 is 0 Å². The van der Waals surface area contributed by atoms with Gasteiger partial charge >= 0.3 is 0 Å². The smallest absolute Gasteiger partial charge is 0.222 e. The van der Waals surface area contributed by atoms with E-state index in [4.69, 9.17) is 4.74 Å². The summed E-state index contributed by atoms with van der Waals surface area (Å²) in [6.45, 7) is 2.30. The Bertz CT molecular complexity index is 453. The summed E-state index contributed by atoms with van der Waals surface area (Å²) in [7, 11) is 1.87. The SMILES string of the molecule is CNCCCC(=O)N1CCOC(c2ccccc2F)C1. The Morgan fingerprint density at radius 2 is 2.30 bits per heavy atom. The zero-order chi connectivity index (χ0) is 14.4. The summed E-state index contributed by atoms with van der Waals surface area (Å²) in [5.41, 5.74) is 0.528. The van der Waals surface area contributed by atoms with E-state index in [-0.39, 0.29) is 17.8 Å². The molecule has 5 heteroatoms. The van der Waals surface area contributed by atoms with Gasteiger partial charge in [0.1, 0.15) is 11.9 Å². The van der Waals surface area contributed by atoms with Gasteiger partial charge in [0.2, 0.25) is 5.91 Å². The summed E-state index contributed by atoms with van der Waals surface area (Å²) in [5.74, 6) is -0.160. The number of carbonyl (C=O) groups excluding carboxylic acids is 1. The van der Waals surface area contributed by atoms with E-state index in [0.29, 0.717) is 31.7 Å². The van der Waals surface area contributed by atoms with Crippen LogP contribution in [0.15, 0.2) is 24.3 Å². The van der Waals surface area contributed by atoms with E-state index in [9.17, 15) is 9.18 Å². The first-order chi connectivity index (χ1) is 9.72. The normalized spacial score (nSPS) is 19.1. The predicted octanol–water partition coefficient (Wildman–Crippen LogP) is 1.73. The van der Waals surface area contributed by atoms with Crippen LogP contribution in [-0.2, 0) is 9.53 Å². The molecule has 2 rings (SSSR count). The van der Waals surface area contributed by atoms with Gasteiger partial charge in [0.25, 0.3) is 0 Å². The van der Waals surface area contributed by atoms with Crippen molar-refractivity contribution >= 4 is 5.91 Å². The number of nitrogens with one attached hydrogen (secondary N) is 1. The van der Waals surface area contributed by atoms with Gasteiger partial charge in [-0.2, -0.15) is 0 Å². The molecule has 0 radical (unpaired) electrons. The fraction of sp³-hybridized carbons (Fsp3) is 0.533.